The molecule has 1 amide bonds. The predicted molar refractivity (Wildman–Crippen MR) is 90.4 cm³/mol. The summed E-state index contributed by atoms with van der Waals surface area (Å²) in [4.78, 5) is 11.9. The van der Waals surface area contributed by atoms with Crippen LogP contribution >= 0.6 is 12.4 Å². The number of hydrogen-bond acceptors (Lipinski definition) is 4. The Hall–Kier alpha value is -1.15. The first-order valence-corrected chi connectivity index (χ1v) is 8.46. The number of benzene rings is 1. The first kappa shape index (κ1) is 20.9. The molecule has 1 rings (SSSR count). The molecular formula is C14H24ClN3O3S. The van der Waals surface area contributed by atoms with Gasteiger partial charge in [-0.3, -0.25) is 4.79 Å². The molecule has 0 saturated heterocycles. The first-order chi connectivity index (χ1) is 9.71. The van der Waals surface area contributed by atoms with Gasteiger partial charge in [-0.1, -0.05) is 29.8 Å². The van der Waals surface area contributed by atoms with Crippen molar-refractivity contribution in [1.29, 1.82) is 0 Å². The summed E-state index contributed by atoms with van der Waals surface area (Å²) in [7, 11) is -3.38. The Kier molecular flexibility index (Phi) is 8.62. The monoisotopic (exact) mass is 349 g/mol. The van der Waals surface area contributed by atoms with Gasteiger partial charge in [0.2, 0.25) is 15.9 Å². The number of nitrogens with two attached hydrogens (primary N) is 1. The van der Waals surface area contributed by atoms with Crippen LogP contribution in [-0.4, -0.2) is 32.7 Å². The summed E-state index contributed by atoms with van der Waals surface area (Å²) >= 11 is 0. The Balaban J connectivity index is 0.00000441. The minimum absolute atomic E-state index is 0. The topological polar surface area (TPSA) is 101 Å². The minimum Gasteiger partial charge on any atom is -0.353 e. The van der Waals surface area contributed by atoms with Gasteiger partial charge in [-0.05, 0) is 26.3 Å². The normalized spacial score (nSPS) is 12.6. The summed E-state index contributed by atoms with van der Waals surface area (Å²) in [5.74, 6) is -0.559. The molecular weight excluding hydrogens is 326 g/mol. The number of hydrogen-bond donors (Lipinski definition) is 3. The molecule has 1 aromatic rings. The highest BCUT2D eigenvalue weighted by Crippen LogP contribution is 2.11. The number of carbonyl (C=O) groups excluding carboxylic acids is 1. The van der Waals surface area contributed by atoms with Crippen LogP contribution in [0.2, 0.25) is 0 Å². The Morgan fingerprint density at radius 1 is 1.23 bits per heavy atom. The third-order valence-electron chi connectivity index (χ3n) is 2.80. The Bertz CT molecular complexity index is 574. The van der Waals surface area contributed by atoms with Crippen molar-refractivity contribution in [3.8, 4) is 0 Å². The van der Waals surface area contributed by atoms with E-state index in [-0.39, 0.29) is 30.7 Å². The van der Waals surface area contributed by atoms with Crippen molar-refractivity contribution in [1.82, 2.24) is 10.0 Å². The van der Waals surface area contributed by atoms with E-state index in [1.807, 2.05) is 19.1 Å². The van der Waals surface area contributed by atoms with Crippen molar-refractivity contribution in [2.75, 3.05) is 12.3 Å². The van der Waals surface area contributed by atoms with Gasteiger partial charge in [0.1, 0.15) is 6.04 Å². The van der Waals surface area contributed by atoms with Crippen LogP contribution in [0.25, 0.3) is 0 Å². The smallest absolute Gasteiger partial charge is 0.241 e. The molecule has 0 radical (unpaired) electrons. The van der Waals surface area contributed by atoms with Gasteiger partial charge in [0.15, 0.2) is 0 Å². The zero-order valence-electron chi connectivity index (χ0n) is 13.0. The largest absolute Gasteiger partial charge is 0.353 e. The Morgan fingerprint density at radius 3 is 2.27 bits per heavy atom. The number of aryl methyl sites for hydroxylation is 1. The predicted octanol–water partition coefficient (Wildman–Crippen LogP) is 0.861. The van der Waals surface area contributed by atoms with Crippen LogP contribution in [0.4, 0.5) is 0 Å². The van der Waals surface area contributed by atoms with Crippen molar-refractivity contribution < 1.29 is 13.2 Å². The zero-order valence-corrected chi connectivity index (χ0v) is 14.6. The molecule has 0 fully saturated rings. The highest BCUT2D eigenvalue weighted by Gasteiger charge is 2.17. The fourth-order valence-corrected chi connectivity index (χ4v) is 2.97. The minimum atomic E-state index is -3.38. The van der Waals surface area contributed by atoms with Gasteiger partial charge >= 0.3 is 0 Å². The van der Waals surface area contributed by atoms with Gasteiger partial charge in [-0.25, -0.2) is 13.1 Å². The number of rotatable bonds is 7. The third kappa shape index (κ3) is 7.22. The Morgan fingerprint density at radius 2 is 1.77 bits per heavy atom. The van der Waals surface area contributed by atoms with E-state index in [9.17, 15) is 13.2 Å². The molecule has 1 unspecified atom stereocenters. The molecule has 0 heterocycles. The van der Waals surface area contributed by atoms with Crippen LogP contribution in [0.3, 0.4) is 0 Å². The van der Waals surface area contributed by atoms with Crippen molar-refractivity contribution in [2.45, 2.75) is 32.9 Å². The molecule has 0 spiro atoms. The highest BCUT2D eigenvalue weighted by molar-refractivity contribution is 7.89. The van der Waals surface area contributed by atoms with E-state index in [2.05, 4.69) is 10.0 Å². The van der Waals surface area contributed by atoms with Gasteiger partial charge < -0.3 is 11.1 Å². The van der Waals surface area contributed by atoms with Crippen molar-refractivity contribution >= 4 is 28.3 Å². The van der Waals surface area contributed by atoms with Gasteiger partial charge in [0.25, 0.3) is 0 Å². The van der Waals surface area contributed by atoms with E-state index >= 15 is 0 Å². The highest BCUT2D eigenvalue weighted by atomic mass is 35.5. The van der Waals surface area contributed by atoms with E-state index in [0.29, 0.717) is 5.56 Å². The van der Waals surface area contributed by atoms with Crippen LogP contribution in [0.15, 0.2) is 24.3 Å². The molecule has 1 atom stereocenters. The van der Waals surface area contributed by atoms with Crippen LogP contribution < -0.4 is 15.8 Å². The first-order valence-electron chi connectivity index (χ1n) is 6.81. The lowest BCUT2D eigenvalue weighted by Gasteiger charge is -2.14. The van der Waals surface area contributed by atoms with Gasteiger partial charge in [0.05, 0.1) is 5.75 Å². The molecule has 0 aliphatic rings. The SMILES string of the molecule is Cc1ccc(C(N)C(=O)NCCS(=O)(=O)NC(C)C)cc1.Cl. The average molecular weight is 350 g/mol. The summed E-state index contributed by atoms with van der Waals surface area (Å²) in [6.45, 7) is 5.45. The number of sulfonamides is 1. The Labute approximate surface area is 138 Å². The van der Waals surface area contributed by atoms with Gasteiger partial charge in [-0.2, -0.15) is 0 Å². The lowest BCUT2D eigenvalue weighted by Crippen LogP contribution is -2.40. The lowest BCUT2D eigenvalue weighted by atomic mass is 10.1. The third-order valence-corrected chi connectivity index (χ3v) is 4.38. The second-order valence-corrected chi connectivity index (χ2v) is 7.14. The van der Waals surface area contributed by atoms with Gasteiger partial charge in [0, 0.05) is 12.6 Å². The molecule has 0 aliphatic carbocycles. The maximum atomic E-state index is 11.9. The summed E-state index contributed by atoms with van der Waals surface area (Å²) in [5.41, 5.74) is 7.62. The lowest BCUT2D eigenvalue weighted by molar-refractivity contribution is -0.122. The quantitative estimate of drug-likeness (QED) is 0.679. The molecule has 6 nitrogen and oxygen atoms in total. The maximum absolute atomic E-state index is 11.9. The zero-order chi connectivity index (χ0) is 16.0. The molecule has 126 valence electrons. The fraction of sp³-hybridized carbons (Fsp3) is 0.500. The van der Waals surface area contributed by atoms with Crippen molar-refractivity contribution in [3.05, 3.63) is 35.4 Å². The second-order valence-electron chi connectivity index (χ2n) is 5.27. The van der Waals surface area contributed by atoms with E-state index in [1.54, 1.807) is 26.0 Å². The molecule has 0 aliphatic heterocycles. The molecule has 0 aromatic heterocycles. The van der Waals surface area contributed by atoms with Gasteiger partial charge in [-0.15, -0.1) is 12.4 Å². The fourth-order valence-electron chi connectivity index (χ4n) is 1.76. The van der Waals surface area contributed by atoms with E-state index < -0.39 is 22.0 Å². The van der Waals surface area contributed by atoms with E-state index in [1.165, 1.54) is 0 Å². The molecule has 0 saturated carbocycles. The standard InChI is InChI=1S/C14H23N3O3S.ClH/c1-10(2)17-21(19,20)9-8-16-14(18)13(15)12-6-4-11(3)5-7-12;/h4-7,10,13,17H,8-9,15H2,1-3H3,(H,16,18);1H. The van der Waals surface area contributed by atoms with Crippen LogP contribution in [0.5, 0.6) is 0 Å². The molecule has 8 heteroatoms. The number of amides is 1. The molecule has 1 aromatic carbocycles. The van der Waals surface area contributed by atoms with Crippen LogP contribution in [0.1, 0.15) is 31.0 Å². The molecule has 0 bridgehead atoms. The maximum Gasteiger partial charge on any atom is 0.241 e. The van der Waals surface area contributed by atoms with E-state index in [4.69, 9.17) is 5.73 Å². The van der Waals surface area contributed by atoms with Crippen molar-refractivity contribution in [2.24, 2.45) is 5.73 Å². The summed E-state index contributed by atoms with van der Waals surface area (Å²) in [5, 5.41) is 2.54. The summed E-state index contributed by atoms with van der Waals surface area (Å²) in [6, 6.07) is 6.36. The molecule has 4 N–H and O–H groups in total. The van der Waals surface area contributed by atoms with Crippen LogP contribution in [-0.2, 0) is 14.8 Å². The number of halogens is 1. The number of nitrogens with one attached hydrogen (secondary N) is 2. The summed E-state index contributed by atoms with van der Waals surface area (Å²) in [6.07, 6.45) is 0. The second kappa shape index (κ2) is 9.09. The van der Waals surface area contributed by atoms with E-state index in [0.717, 1.165) is 5.56 Å². The van der Waals surface area contributed by atoms with Crippen molar-refractivity contribution in [3.63, 3.8) is 0 Å². The average Bonchev–Trinajstić information content (AvgIpc) is 2.36. The van der Waals surface area contributed by atoms with Crippen LogP contribution in [0, 0.1) is 6.92 Å². The summed E-state index contributed by atoms with van der Waals surface area (Å²) < 4.78 is 25.7. The molecule has 22 heavy (non-hydrogen) atoms. The number of carbonyl (C=O) groups is 1.